The molecule has 3 aromatic heterocycles. The molecule has 1 fully saturated rings. The highest BCUT2D eigenvalue weighted by Crippen LogP contribution is 2.29. The molecular formula is C24H26N6O2S2. The molecule has 34 heavy (non-hydrogen) atoms. The minimum Gasteiger partial charge on any atom is -0.378 e. The highest BCUT2D eigenvalue weighted by molar-refractivity contribution is 7.99. The fourth-order valence-electron chi connectivity index (χ4n) is 4.12. The number of morpholine rings is 1. The first-order chi connectivity index (χ1) is 16.5. The second-order valence-corrected chi connectivity index (χ2v) is 10.0. The molecule has 0 N–H and O–H groups in total. The number of rotatable bonds is 7. The molecule has 1 saturated heterocycles. The normalized spacial score (nSPS) is 14.0. The molecule has 10 heteroatoms. The number of hydrogen-bond acceptors (Lipinski definition) is 8. The van der Waals surface area contributed by atoms with Crippen molar-refractivity contribution < 1.29 is 9.53 Å². The summed E-state index contributed by atoms with van der Waals surface area (Å²) >= 11 is 2.97. The third kappa shape index (κ3) is 4.40. The van der Waals surface area contributed by atoms with Gasteiger partial charge in [-0.2, -0.15) is 0 Å². The van der Waals surface area contributed by atoms with Crippen LogP contribution in [0.5, 0.6) is 0 Å². The largest absolute Gasteiger partial charge is 0.378 e. The molecule has 1 aliphatic heterocycles. The van der Waals surface area contributed by atoms with Crippen LogP contribution in [-0.4, -0.2) is 62.2 Å². The molecule has 0 bridgehead atoms. The van der Waals surface area contributed by atoms with Gasteiger partial charge in [0.15, 0.2) is 16.1 Å². The Balaban J connectivity index is 1.42. The van der Waals surface area contributed by atoms with Gasteiger partial charge in [-0.1, -0.05) is 29.5 Å². The van der Waals surface area contributed by atoms with Gasteiger partial charge in [-0.15, -0.1) is 21.5 Å². The van der Waals surface area contributed by atoms with E-state index >= 15 is 0 Å². The molecular weight excluding hydrogens is 468 g/mol. The molecule has 176 valence electrons. The lowest BCUT2D eigenvalue weighted by Gasteiger charge is -2.27. The van der Waals surface area contributed by atoms with Crippen LogP contribution in [0.3, 0.4) is 0 Å². The number of thiazole rings is 1. The molecule has 1 aromatic carbocycles. The summed E-state index contributed by atoms with van der Waals surface area (Å²) in [5, 5.41) is 12.5. The number of aromatic nitrogens is 5. The van der Waals surface area contributed by atoms with E-state index in [2.05, 4.69) is 51.3 Å². The molecule has 0 aliphatic carbocycles. The fourth-order valence-corrected chi connectivity index (χ4v) is 5.70. The second-order valence-electron chi connectivity index (χ2n) is 8.20. The standard InChI is InChI=1S/C24H26N6O2S2/c1-16-4-6-19(7-5-16)30-22(28-9-11-32-12-10-28)26-27-24(30)34-15-21(31)20-14-17(2)29(18(20)3)23-25-8-13-33-23/h4-8,13-14H,9-12,15H2,1-3H3. The first-order valence-corrected chi connectivity index (χ1v) is 13.0. The highest BCUT2D eigenvalue weighted by Gasteiger charge is 2.24. The Hall–Kier alpha value is -2.95. The van der Waals surface area contributed by atoms with Crippen LogP contribution < -0.4 is 4.90 Å². The van der Waals surface area contributed by atoms with Crippen LogP contribution in [0.4, 0.5) is 5.95 Å². The SMILES string of the molecule is Cc1ccc(-n2c(SCC(=O)c3cc(C)n(-c4nccs4)c3C)nnc2N2CCOCC2)cc1. The van der Waals surface area contributed by atoms with Crippen molar-refractivity contribution in [1.29, 1.82) is 0 Å². The molecule has 1 aliphatic rings. The van der Waals surface area contributed by atoms with Crippen LogP contribution in [-0.2, 0) is 4.74 Å². The van der Waals surface area contributed by atoms with Crippen molar-refractivity contribution in [3.8, 4) is 10.8 Å². The number of ether oxygens (including phenoxy) is 1. The average molecular weight is 495 g/mol. The first-order valence-electron chi connectivity index (χ1n) is 11.1. The summed E-state index contributed by atoms with van der Waals surface area (Å²) in [6.45, 7) is 8.88. The van der Waals surface area contributed by atoms with Gasteiger partial charge in [0.05, 0.1) is 24.7 Å². The van der Waals surface area contributed by atoms with Crippen LogP contribution in [0.15, 0.2) is 47.1 Å². The number of thioether (sulfide) groups is 1. The Labute approximate surface area is 206 Å². The van der Waals surface area contributed by atoms with Crippen molar-refractivity contribution in [3.63, 3.8) is 0 Å². The predicted molar refractivity (Wildman–Crippen MR) is 135 cm³/mol. The topological polar surface area (TPSA) is 78.1 Å². The van der Waals surface area contributed by atoms with Gasteiger partial charge in [-0.05, 0) is 39.0 Å². The fraction of sp³-hybridized carbons (Fsp3) is 0.333. The van der Waals surface area contributed by atoms with Crippen LogP contribution in [0.2, 0.25) is 0 Å². The number of Topliss-reactive ketones (excluding diaryl/α,β-unsaturated/α-hetero) is 1. The van der Waals surface area contributed by atoms with Crippen LogP contribution in [0.1, 0.15) is 27.3 Å². The number of nitrogens with zero attached hydrogens (tertiary/aromatic N) is 6. The van der Waals surface area contributed by atoms with Gasteiger partial charge in [0.2, 0.25) is 5.95 Å². The van der Waals surface area contributed by atoms with Gasteiger partial charge < -0.3 is 9.64 Å². The Morgan fingerprint density at radius 2 is 1.85 bits per heavy atom. The quantitative estimate of drug-likeness (QED) is 0.281. The van der Waals surface area contributed by atoms with Crippen molar-refractivity contribution in [3.05, 3.63) is 64.4 Å². The van der Waals surface area contributed by atoms with E-state index in [1.54, 1.807) is 17.5 Å². The summed E-state index contributed by atoms with van der Waals surface area (Å²) in [5.41, 5.74) is 4.79. The van der Waals surface area contributed by atoms with Gasteiger partial charge in [0, 0.05) is 41.6 Å². The summed E-state index contributed by atoms with van der Waals surface area (Å²) in [5.74, 6) is 1.12. The first kappa shape index (κ1) is 22.8. The third-order valence-corrected chi connectivity index (χ3v) is 7.56. The summed E-state index contributed by atoms with van der Waals surface area (Å²) in [7, 11) is 0. The monoisotopic (exact) mass is 494 g/mol. The van der Waals surface area contributed by atoms with Crippen LogP contribution in [0.25, 0.3) is 10.8 Å². The van der Waals surface area contributed by atoms with E-state index in [4.69, 9.17) is 4.74 Å². The smallest absolute Gasteiger partial charge is 0.232 e. The lowest BCUT2D eigenvalue weighted by Crippen LogP contribution is -2.37. The third-order valence-electron chi connectivity index (χ3n) is 5.88. The average Bonchev–Trinajstić information content (AvgIpc) is 3.58. The Bertz CT molecular complexity index is 1290. The number of benzene rings is 1. The maximum absolute atomic E-state index is 13.2. The minimum absolute atomic E-state index is 0.0623. The Kier molecular flexibility index (Phi) is 6.53. The molecule has 0 unspecified atom stereocenters. The van der Waals surface area contributed by atoms with Gasteiger partial charge in [0.1, 0.15) is 0 Å². The molecule has 0 amide bonds. The van der Waals surface area contributed by atoms with E-state index < -0.39 is 0 Å². The lowest BCUT2D eigenvalue weighted by atomic mass is 10.2. The second kappa shape index (κ2) is 9.73. The van der Waals surface area contributed by atoms with E-state index in [1.165, 1.54) is 17.3 Å². The van der Waals surface area contributed by atoms with Crippen molar-refractivity contribution in [1.82, 2.24) is 24.3 Å². The highest BCUT2D eigenvalue weighted by atomic mass is 32.2. The number of anilines is 1. The van der Waals surface area contributed by atoms with Gasteiger partial charge in [0.25, 0.3) is 0 Å². The lowest BCUT2D eigenvalue weighted by molar-refractivity contribution is 0.102. The summed E-state index contributed by atoms with van der Waals surface area (Å²) in [4.78, 5) is 19.8. The molecule has 0 radical (unpaired) electrons. The maximum atomic E-state index is 13.2. The van der Waals surface area contributed by atoms with E-state index in [-0.39, 0.29) is 11.5 Å². The molecule has 5 rings (SSSR count). The van der Waals surface area contributed by atoms with Crippen molar-refractivity contribution >= 4 is 34.8 Å². The molecule has 4 aromatic rings. The molecule has 0 atom stereocenters. The number of hydrogen-bond donors (Lipinski definition) is 0. The molecule has 4 heterocycles. The summed E-state index contributed by atoms with van der Waals surface area (Å²) in [6, 6.07) is 10.2. The Morgan fingerprint density at radius 1 is 1.09 bits per heavy atom. The number of ketones is 1. The van der Waals surface area contributed by atoms with E-state index in [1.807, 2.05) is 34.4 Å². The van der Waals surface area contributed by atoms with E-state index in [0.717, 1.165) is 46.8 Å². The zero-order chi connectivity index (χ0) is 23.7. The van der Waals surface area contributed by atoms with Crippen molar-refractivity contribution in [2.45, 2.75) is 25.9 Å². The summed E-state index contributed by atoms with van der Waals surface area (Å²) < 4.78 is 9.59. The summed E-state index contributed by atoms with van der Waals surface area (Å²) in [6.07, 6.45) is 1.78. The van der Waals surface area contributed by atoms with Crippen molar-refractivity contribution in [2.24, 2.45) is 0 Å². The van der Waals surface area contributed by atoms with Gasteiger partial charge in [-0.3, -0.25) is 13.9 Å². The molecule has 8 nitrogen and oxygen atoms in total. The molecule has 0 saturated carbocycles. The Morgan fingerprint density at radius 3 is 2.56 bits per heavy atom. The van der Waals surface area contributed by atoms with Crippen LogP contribution >= 0.6 is 23.1 Å². The van der Waals surface area contributed by atoms with E-state index in [0.29, 0.717) is 18.4 Å². The van der Waals surface area contributed by atoms with Crippen LogP contribution in [0, 0.1) is 20.8 Å². The predicted octanol–water partition coefficient (Wildman–Crippen LogP) is 4.25. The van der Waals surface area contributed by atoms with E-state index in [9.17, 15) is 4.79 Å². The van der Waals surface area contributed by atoms with Crippen molar-refractivity contribution in [2.75, 3.05) is 37.0 Å². The number of carbonyl (C=O) groups is 1. The van der Waals surface area contributed by atoms with Gasteiger partial charge >= 0.3 is 0 Å². The number of carbonyl (C=O) groups excluding carboxylic acids is 1. The zero-order valence-electron chi connectivity index (χ0n) is 19.4. The zero-order valence-corrected chi connectivity index (χ0v) is 21.0. The van der Waals surface area contributed by atoms with Gasteiger partial charge in [-0.25, -0.2) is 4.98 Å². The maximum Gasteiger partial charge on any atom is 0.232 e. The molecule has 0 spiro atoms. The number of aryl methyl sites for hydroxylation is 2. The minimum atomic E-state index is 0.0623.